The van der Waals surface area contributed by atoms with Gasteiger partial charge in [-0.3, -0.25) is 4.79 Å². The average Bonchev–Trinajstić information content (AvgIpc) is 2.23. The summed E-state index contributed by atoms with van der Waals surface area (Å²) in [6, 6.07) is 8.03. The molecule has 0 fully saturated rings. The molecule has 0 aliphatic carbocycles. The fourth-order valence-corrected chi connectivity index (χ4v) is 1.11. The van der Waals surface area contributed by atoms with Crippen molar-refractivity contribution in [1.29, 1.82) is 5.26 Å². The summed E-state index contributed by atoms with van der Waals surface area (Å²) in [6.45, 7) is 1.78. The Morgan fingerprint density at radius 1 is 1.53 bits per heavy atom. The minimum atomic E-state index is -0.626. The van der Waals surface area contributed by atoms with Crippen molar-refractivity contribution >= 4 is 11.6 Å². The third kappa shape index (κ3) is 2.99. The number of hydrogen-bond donors (Lipinski definition) is 2. The monoisotopic (exact) mass is 204 g/mol. The Balaban J connectivity index is 2.67. The summed E-state index contributed by atoms with van der Waals surface area (Å²) >= 11 is 0. The molecular weight excluding hydrogens is 192 g/mol. The smallest absolute Gasteiger partial charge is 0.241 e. The lowest BCUT2D eigenvalue weighted by molar-refractivity contribution is -0.118. The molecule has 0 aromatic heterocycles. The molecule has 0 radical (unpaired) electrons. The van der Waals surface area contributed by atoms with Gasteiger partial charge in [0.2, 0.25) is 5.91 Å². The van der Waals surface area contributed by atoms with E-state index in [1.165, 1.54) is 12.1 Å². The van der Waals surface area contributed by atoms with Crippen molar-refractivity contribution in [2.24, 2.45) is 5.92 Å². The number of benzene rings is 1. The summed E-state index contributed by atoms with van der Waals surface area (Å²) in [5, 5.41) is 20.3. The second-order valence-corrected chi connectivity index (χ2v) is 3.13. The molecule has 1 aromatic carbocycles. The number of phenols is 1. The van der Waals surface area contributed by atoms with Crippen LogP contribution < -0.4 is 5.32 Å². The molecule has 1 unspecified atom stereocenters. The van der Waals surface area contributed by atoms with Crippen LogP contribution in [0.5, 0.6) is 5.75 Å². The van der Waals surface area contributed by atoms with Gasteiger partial charge >= 0.3 is 0 Å². The largest absolute Gasteiger partial charge is 0.508 e. The lowest BCUT2D eigenvalue weighted by Crippen LogP contribution is -2.20. The van der Waals surface area contributed by atoms with Crippen LogP contribution in [0.25, 0.3) is 0 Å². The van der Waals surface area contributed by atoms with Gasteiger partial charge in [-0.1, -0.05) is 6.92 Å². The van der Waals surface area contributed by atoms with Gasteiger partial charge in [-0.15, -0.1) is 0 Å². The molecule has 1 rings (SSSR count). The fraction of sp³-hybridized carbons (Fsp3) is 0.273. The van der Waals surface area contributed by atoms with E-state index in [1.54, 1.807) is 19.1 Å². The molecule has 15 heavy (non-hydrogen) atoms. The highest BCUT2D eigenvalue weighted by molar-refractivity contribution is 5.94. The van der Waals surface area contributed by atoms with Crippen molar-refractivity contribution < 1.29 is 9.90 Å². The molecule has 0 saturated carbocycles. The van der Waals surface area contributed by atoms with E-state index in [0.29, 0.717) is 12.1 Å². The van der Waals surface area contributed by atoms with Gasteiger partial charge in [0.15, 0.2) is 0 Å². The number of rotatable bonds is 3. The summed E-state index contributed by atoms with van der Waals surface area (Å²) in [5.41, 5.74) is 0.575. The normalized spacial score (nSPS) is 11.5. The zero-order valence-corrected chi connectivity index (χ0v) is 8.40. The van der Waals surface area contributed by atoms with E-state index >= 15 is 0 Å². The van der Waals surface area contributed by atoms with Gasteiger partial charge in [0, 0.05) is 5.69 Å². The predicted octanol–water partition coefficient (Wildman–Crippen LogP) is 1.88. The fourth-order valence-electron chi connectivity index (χ4n) is 1.11. The van der Waals surface area contributed by atoms with Crippen LogP contribution in [-0.4, -0.2) is 11.0 Å². The van der Waals surface area contributed by atoms with Gasteiger partial charge in [-0.2, -0.15) is 5.26 Å². The summed E-state index contributed by atoms with van der Waals surface area (Å²) in [7, 11) is 0. The van der Waals surface area contributed by atoms with Crippen LogP contribution in [-0.2, 0) is 4.79 Å². The highest BCUT2D eigenvalue weighted by Crippen LogP contribution is 2.15. The van der Waals surface area contributed by atoms with Gasteiger partial charge in [0.05, 0.1) is 6.07 Å². The maximum Gasteiger partial charge on any atom is 0.241 e. The highest BCUT2D eigenvalue weighted by Gasteiger charge is 2.14. The Hall–Kier alpha value is -2.02. The summed E-state index contributed by atoms with van der Waals surface area (Å²) in [4.78, 5) is 11.5. The molecule has 78 valence electrons. The zero-order valence-electron chi connectivity index (χ0n) is 8.40. The molecule has 0 aliphatic rings. The third-order valence-electron chi connectivity index (χ3n) is 2.02. The first kappa shape index (κ1) is 11.1. The zero-order chi connectivity index (χ0) is 11.3. The molecule has 0 heterocycles. The number of nitrogens with one attached hydrogen (secondary N) is 1. The van der Waals surface area contributed by atoms with Crippen LogP contribution in [0, 0.1) is 17.2 Å². The molecule has 4 nitrogen and oxygen atoms in total. The van der Waals surface area contributed by atoms with Gasteiger partial charge < -0.3 is 10.4 Å². The molecule has 0 bridgehead atoms. The molecule has 0 aliphatic heterocycles. The van der Waals surface area contributed by atoms with E-state index in [0.717, 1.165) is 0 Å². The summed E-state index contributed by atoms with van der Waals surface area (Å²) in [6.07, 6.45) is 0.487. The van der Waals surface area contributed by atoms with Crippen molar-refractivity contribution in [2.45, 2.75) is 13.3 Å². The quantitative estimate of drug-likeness (QED) is 0.738. The number of aromatic hydroxyl groups is 1. The second kappa shape index (κ2) is 5.01. The SMILES string of the molecule is CCC(C#N)C(=O)Nc1ccc(O)cc1. The van der Waals surface area contributed by atoms with Gasteiger partial charge in [0.25, 0.3) is 0 Å². The van der Waals surface area contributed by atoms with E-state index in [-0.39, 0.29) is 11.7 Å². The first-order valence-electron chi connectivity index (χ1n) is 4.67. The molecule has 0 saturated heterocycles. The Kier molecular flexibility index (Phi) is 3.69. The van der Waals surface area contributed by atoms with Crippen molar-refractivity contribution in [3.63, 3.8) is 0 Å². The van der Waals surface area contributed by atoms with E-state index in [2.05, 4.69) is 5.32 Å². The minimum absolute atomic E-state index is 0.139. The molecule has 0 spiro atoms. The van der Waals surface area contributed by atoms with Gasteiger partial charge in [-0.25, -0.2) is 0 Å². The average molecular weight is 204 g/mol. The number of carbonyl (C=O) groups is 1. The number of nitriles is 1. The van der Waals surface area contributed by atoms with E-state index in [1.807, 2.05) is 6.07 Å². The second-order valence-electron chi connectivity index (χ2n) is 3.13. The summed E-state index contributed by atoms with van der Waals surface area (Å²) < 4.78 is 0. The molecule has 1 atom stereocenters. The number of anilines is 1. The summed E-state index contributed by atoms with van der Waals surface area (Å²) in [5.74, 6) is -0.801. The topological polar surface area (TPSA) is 73.1 Å². The number of phenolic OH excluding ortho intramolecular Hbond substituents is 1. The van der Waals surface area contributed by atoms with Crippen molar-refractivity contribution in [1.82, 2.24) is 0 Å². The minimum Gasteiger partial charge on any atom is -0.508 e. The van der Waals surface area contributed by atoms with Crippen molar-refractivity contribution in [2.75, 3.05) is 5.32 Å². The maximum absolute atomic E-state index is 11.5. The molecule has 4 heteroatoms. The van der Waals surface area contributed by atoms with Crippen LogP contribution in [0.2, 0.25) is 0 Å². The predicted molar refractivity (Wildman–Crippen MR) is 56.1 cm³/mol. The van der Waals surface area contributed by atoms with Crippen LogP contribution in [0.3, 0.4) is 0 Å². The van der Waals surface area contributed by atoms with Gasteiger partial charge in [-0.05, 0) is 30.7 Å². The molecular formula is C11H12N2O2. The van der Waals surface area contributed by atoms with Crippen LogP contribution in [0.1, 0.15) is 13.3 Å². The van der Waals surface area contributed by atoms with E-state index < -0.39 is 5.92 Å². The van der Waals surface area contributed by atoms with E-state index in [4.69, 9.17) is 10.4 Å². The highest BCUT2D eigenvalue weighted by atomic mass is 16.3. The Morgan fingerprint density at radius 3 is 2.60 bits per heavy atom. The lowest BCUT2D eigenvalue weighted by Gasteiger charge is -2.07. The Morgan fingerprint density at radius 2 is 2.13 bits per heavy atom. The van der Waals surface area contributed by atoms with Crippen molar-refractivity contribution in [3.05, 3.63) is 24.3 Å². The number of carbonyl (C=O) groups excluding carboxylic acids is 1. The first-order valence-corrected chi connectivity index (χ1v) is 4.67. The van der Waals surface area contributed by atoms with E-state index in [9.17, 15) is 4.79 Å². The molecule has 2 N–H and O–H groups in total. The number of nitrogens with zero attached hydrogens (tertiary/aromatic N) is 1. The maximum atomic E-state index is 11.5. The molecule has 1 amide bonds. The van der Waals surface area contributed by atoms with Gasteiger partial charge in [0.1, 0.15) is 11.7 Å². The first-order chi connectivity index (χ1) is 7.17. The van der Waals surface area contributed by atoms with Crippen molar-refractivity contribution in [3.8, 4) is 11.8 Å². The van der Waals surface area contributed by atoms with Crippen LogP contribution in [0.4, 0.5) is 5.69 Å². The third-order valence-corrected chi connectivity index (χ3v) is 2.02. The Bertz CT molecular complexity index is 379. The lowest BCUT2D eigenvalue weighted by atomic mass is 10.1. The standard InChI is InChI=1S/C11H12N2O2/c1-2-8(7-12)11(15)13-9-3-5-10(14)6-4-9/h3-6,8,14H,2H2,1H3,(H,13,15). The van der Waals surface area contributed by atoms with Crippen LogP contribution in [0.15, 0.2) is 24.3 Å². The van der Waals surface area contributed by atoms with Crippen LogP contribution >= 0.6 is 0 Å². The number of hydrogen-bond acceptors (Lipinski definition) is 3. The molecule has 1 aromatic rings. The Labute approximate surface area is 88.2 Å². The number of amides is 1.